The minimum Gasteiger partial charge on any atom is -0.473 e. The molecule has 4 N–H and O–H groups in total. The third-order valence-corrected chi connectivity index (χ3v) is 6.08. The van der Waals surface area contributed by atoms with Crippen LogP contribution in [-0.2, 0) is 14.3 Å². The number of alkyl halides is 3. The Kier molecular flexibility index (Phi) is 5.68. The van der Waals surface area contributed by atoms with E-state index in [1.807, 2.05) is 0 Å². The van der Waals surface area contributed by atoms with Crippen molar-refractivity contribution >= 4 is 34.2 Å². The van der Waals surface area contributed by atoms with E-state index in [2.05, 4.69) is 15.0 Å². The van der Waals surface area contributed by atoms with Crippen LogP contribution >= 0.6 is 11.3 Å². The van der Waals surface area contributed by atoms with Crippen molar-refractivity contribution in [1.82, 2.24) is 19.5 Å². The number of ether oxygens (including phenoxy) is 3. The number of aliphatic hydroxyl groups is 2. The maximum Gasteiger partial charge on any atom is 0.490 e. The second kappa shape index (κ2) is 8.09. The van der Waals surface area contributed by atoms with Gasteiger partial charge in [-0.1, -0.05) is 11.3 Å². The molecule has 15 heteroatoms. The van der Waals surface area contributed by atoms with Crippen LogP contribution in [0.5, 0.6) is 5.19 Å². The summed E-state index contributed by atoms with van der Waals surface area (Å²) in [5, 5.41) is 22.5. The zero-order valence-corrected chi connectivity index (χ0v) is 17.9. The molecule has 0 bridgehead atoms. The van der Waals surface area contributed by atoms with Crippen LogP contribution in [0.4, 0.5) is 19.0 Å². The third kappa shape index (κ3) is 3.76. The lowest BCUT2D eigenvalue weighted by atomic mass is 9.96. The van der Waals surface area contributed by atoms with E-state index in [1.54, 1.807) is 5.38 Å². The highest BCUT2D eigenvalue weighted by Crippen LogP contribution is 2.45. The van der Waals surface area contributed by atoms with Gasteiger partial charge in [-0.2, -0.15) is 13.2 Å². The van der Waals surface area contributed by atoms with Crippen LogP contribution < -0.4 is 10.5 Å². The van der Waals surface area contributed by atoms with Crippen LogP contribution in [0.3, 0.4) is 0 Å². The molecule has 33 heavy (non-hydrogen) atoms. The molecule has 4 rings (SSSR count). The van der Waals surface area contributed by atoms with Gasteiger partial charge in [-0.05, 0) is 6.92 Å². The van der Waals surface area contributed by atoms with Gasteiger partial charge in [0, 0.05) is 17.1 Å². The molecule has 178 valence electrons. The molecule has 0 radical (unpaired) electrons. The Morgan fingerprint density at radius 3 is 2.76 bits per heavy atom. The Morgan fingerprint density at radius 1 is 1.42 bits per heavy atom. The first-order valence-electron chi connectivity index (χ1n) is 9.36. The molecule has 0 unspecified atom stereocenters. The van der Waals surface area contributed by atoms with Crippen molar-refractivity contribution in [3.63, 3.8) is 0 Å². The van der Waals surface area contributed by atoms with Crippen molar-refractivity contribution in [3.05, 3.63) is 17.9 Å². The number of fused-ring (bicyclic) bond motifs is 1. The smallest absolute Gasteiger partial charge is 0.473 e. The zero-order chi connectivity index (χ0) is 24.1. The monoisotopic (exact) mass is 489 g/mol. The average Bonchev–Trinajstić information content (AvgIpc) is 3.44. The number of nitrogens with zero attached hydrogens (tertiary/aromatic N) is 4. The molecule has 0 aromatic carbocycles. The van der Waals surface area contributed by atoms with Crippen molar-refractivity contribution in [2.24, 2.45) is 0 Å². The van der Waals surface area contributed by atoms with Crippen LogP contribution in [0.15, 0.2) is 17.9 Å². The lowest BCUT2D eigenvalue weighted by Crippen LogP contribution is -2.50. The quantitative estimate of drug-likeness (QED) is 0.446. The summed E-state index contributed by atoms with van der Waals surface area (Å²) in [4.78, 5) is 24.1. The number of carbonyl (C=O) groups excluding carboxylic acids is 1. The zero-order valence-electron chi connectivity index (χ0n) is 17.1. The first-order chi connectivity index (χ1) is 15.5. The van der Waals surface area contributed by atoms with E-state index < -0.39 is 42.8 Å². The number of rotatable bonds is 5. The van der Waals surface area contributed by atoms with E-state index in [0.717, 1.165) is 13.3 Å². The molecule has 3 aromatic heterocycles. The molecule has 1 aliphatic heterocycles. The van der Waals surface area contributed by atoms with Crippen molar-refractivity contribution in [2.45, 2.75) is 37.1 Å². The molecular formula is C18H18F3N5O6S. The summed E-state index contributed by atoms with van der Waals surface area (Å²) in [6.45, 7) is 0.326. The van der Waals surface area contributed by atoms with Crippen molar-refractivity contribution in [3.8, 4) is 16.5 Å². The van der Waals surface area contributed by atoms with Crippen LogP contribution in [-0.4, -0.2) is 73.4 Å². The molecule has 0 aliphatic carbocycles. The maximum absolute atomic E-state index is 13.0. The van der Waals surface area contributed by atoms with E-state index in [-0.39, 0.29) is 11.5 Å². The number of thiazole rings is 1. The third-order valence-electron chi connectivity index (χ3n) is 5.28. The number of hydrogen-bond donors (Lipinski definition) is 3. The maximum atomic E-state index is 13.0. The standard InChI is InChI=1S/C18H18F3N5O6S/c1-17(32-15(29)18(19,20)21)11(28)9(4-27)31-14(17)26-3-7(8-5-33-16(25-8)30-2)10-12(22)23-6-24-13(10)26/h3,5-6,9,11,14,27-28H,4H2,1-2H3,(H2,22,23,24)/t9-,11-,14-,17-/m1/s1. The summed E-state index contributed by atoms with van der Waals surface area (Å²) >= 11 is 1.19. The summed E-state index contributed by atoms with van der Waals surface area (Å²) in [6, 6.07) is 0. The van der Waals surface area contributed by atoms with Gasteiger partial charge in [0.15, 0.2) is 11.8 Å². The topological polar surface area (TPSA) is 155 Å². The highest BCUT2D eigenvalue weighted by molar-refractivity contribution is 7.11. The van der Waals surface area contributed by atoms with Crippen LogP contribution in [0.25, 0.3) is 22.3 Å². The van der Waals surface area contributed by atoms with Gasteiger partial charge in [0.05, 0.1) is 24.8 Å². The Hall–Kier alpha value is -3.01. The number of nitrogens with two attached hydrogens (primary N) is 1. The van der Waals surface area contributed by atoms with Gasteiger partial charge in [-0.15, -0.1) is 0 Å². The fourth-order valence-corrected chi connectivity index (χ4v) is 4.34. The fraction of sp³-hybridized carbons (Fsp3) is 0.444. The van der Waals surface area contributed by atoms with Crippen LogP contribution in [0.2, 0.25) is 0 Å². The Bertz CT molecular complexity index is 1200. The van der Waals surface area contributed by atoms with Crippen molar-refractivity contribution < 1.29 is 42.4 Å². The second-order valence-electron chi connectivity index (χ2n) is 7.34. The number of aromatic nitrogens is 4. The molecule has 4 atom stereocenters. The second-order valence-corrected chi connectivity index (χ2v) is 8.16. The van der Waals surface area contributed by atoms with E-state index in [9.17, 15) is 28.2 Å². The van der Waals surface area contributed by atoms with Gasteiger partial charge in [0.2, 0.25) is 0 Å². The predicted octanol–water partition coefficient (Wildman–Crippen LogP) is 1.26. The van der Waals surface area contributed by atoms with Gasteiger partial charge >= 0.3 is 12.1 Å². The summed E-state index contributed by atoms with van der Waals surface area (Å²) in [7, 11) is 1.44. The molecule has 0 saturated carbocycles. The van der Waals surface area contributed by atoms with Gasteiger partial charge in [0.1, 0.15) is 30.0 Å². The summed E-state index contributed by atoms with van der Waals surface area (Å²) < 4.78 is 55.6. The highest BCUT2D eigenvalue weighted by atomic mass is 32.1. The van der Waals surface area contributed by atoms with Gasteiger partial charge in [-0.3, -0.25) is 0 Å². The SMILES string of the molecule is COc1nc(-c2cn([C@@H]3O[C@H](CO)[C@@H](O)[C@@]3(C)OC(=O)C(F)(F)F)c3ncnc(N)c23)cs1. The van der Waals surface area contributed by atoms with Gasteiger partial charge in [-0.25, -0.2) is 19.7 Å². The Morgan fingerprint density at radius 2 is 2.15 bits per heavy atom. The lowest BCUT2D eigenvalue weighted by molar-refractivity contribution is -0.225. The summed E-state index contributed by atoms with van der Waals surface area (Å²) in [5.41, 5.74) is 4.73. The van der Waals surface area contributed by atoms with E-state index in [4.69, 9.17) is 19.9 Å². The average molecular weight is 489 g/mol. The molecular weight excluding hydrogens is 471 g/mol. The number of halogens is 3. The Labute approximate surface area is 187 Å². The minimum atomic E-state index is -5.32. The number of nitrogen functional groups attached to an aromatic ring is 1. The van der Waals surface area contributed by atoms with Gasteiger partial charge in [0.25, 0.3) is 5.19 Å². The predicted molar refractivity (Wildman–Crippen MR) is 107 cm³/mol. The molecule has 0 spiro atoms. The number of carbonyl (C=O) groups is 1. The number of methoxy groups -OCH3 is 1. The Balaban J connectivity index is 1.89. The molecule has 1 saturated heterocycles. The largest absolute Gasteiger partial charge is 0.490 e. The molecule has 0 amide bonds. The molecule has 1 fully saturated rings. The van der Waals surface area contributed by atoms with Crippen LogP contribution in [0, 0.1) is 0 Å². The van der Waals surface area contributed by atoms with Crippen LogP contribution in [0.1, 0.15) is 13.2 Å². The van der Waals surface area contributed by atoms with E-state index >= 15 is 0 Å². The normalized spacial score (nSPS) is 25.5. The molecule has 4 heterocycles. The molecule has 1 aliphatic rings. The number of esters is 1. The lowest BCUT2D eigenvalue weighted by Gasteiger charge is -2.33. The minimum absolute atomic E-state index is 0.0481. The fourth-order valence-electron chi connectivity index (χ4n) is 3.70. The first-order valence-corrected chi connectivity index (χ1v) is 10.2. The van der Waals surface area contributed by atoms with E-state index in [0.29, 0.717) is 21.8 Å². The van der Waals surface area contributed by atoms with Gasteiger partial charge < -0.3 is 34.7 Å². The summed E-state index contributed by atoms with van der Waals surface area (Å²) in [5.74, 6) is -2.47. The highest BCUT2D eigenvalue weighted by Gasteiger charge is 2.59. The van der Waals surface area contributed by atoms with Crippen molar-refractivity contribution in [2.75, 3.05) is 19.5 Å². The molecule has 3 aromatic rings. The van der Waals surface area contributed by atoms with Crippen molar-refractivity contribution in [1.29, 1.82) is 0 Å². The number of anilines is 1. The number of aliphatic hydroxyl groups excluding tert-OH is 2. The van der Waals surface area contributed by atoms with E-state index in [1.165, 1.54) is 29.2 Å². The number of hydrogen-bond acceptors (Lipinski definition) is 11. The molecule has 11 nitrogen and oxygen atoms in total. The first kappa shape index (κ1) is 23.2. The summed E-state index contributed by atoms with van der Waals surface area (Å²) in [6.07, 6.45) is -7.41.